The van der Waals surface area contributed by atoms with Gasteiger partial charge in [-0.3, -0.25) is 9.59 Å². The molecule has 1 saturated carbocycles. The van der Waals surface area contributed by atoms with Gasteiger partial charge in [0.1, 0.15) is 11.4 Å². The number of rotatable bonds is 6. The maximum atomic E-state index is 12.8. The van der Waals surface area contributed by atoms with E-state index < -0.39 is 0 Å². The Morgan fingerprint density at radius 2 is 2.03 bits per heavy atom. The Balaban J connectivity index is 1.32. The standard InChI is InChI=1S/C21H19N7O2/c29-18(8-13-4-5-13)26-16-10-24-20-17(11-25-28(20)12-16)21(30)27-15-3-1-2-14(9-15)19-22-6-7-23-19/h1-3,6-7,9-13H,4-5,8H2,(H,22,23)(H,26,29)(H,27,30). The highest BCUT2D eigenvalue weighted by Gasteiger charge is 2.24. The van der Waals surface area contributed by atoms with E-state index in [9.17, 15) is 9.59 Å². The summed E-state index contributed by atoms with van der Waals surface area (Å²) in [6.07, 6.45) is 10.8. The number of amides is 2. The monoisotopic (exact) mass is 401 g/mol. The number of aromatic amines is 1. The lowest BCUT2D eigenvalue weighted by molar-refractivity contribution is -0.116. The fourth-order valence-electron chi connectivity index (χ4n) is 3.26. The molecule has 5 rings (SSSR count). The van der Waals surface area contributed by atoms with Crippen LogP contribution >= 0.6 is 0 Å². The minimum atomic E-state index is -0.320. The predicted molar refractivity (Wildman–Crippen MR) is 111 cm³/mol. The van der Waals surface area contributed by atoms with Crippen molar-refractivity contribution in [1.82, 2.24) is 24.6 Å². The summed E-state index contributed by atoms with van der Waals surface area (Å²) in [5, 5.41) is 9.91. The summed E-state index contributed by atoms with van der Waals surface area (Å²) >= 11 is 0. The fourth-order valence-corrected chi connectivity index (χ4v) is 3.26. The van der Waals surface area contributed by atoms with Gasteiger partial charge in [0.2, 0.25) is 5.91 Å². The van der Waals surface area contributed by atoms with Gasteiger partial charge in [0.15, 0.2) is 5.65 Å². The molecule has 9 heteroatoms. The van der Waals surface area contributed by atoms with E-state index in [1.165, 1.54) is 16.9 Å². The van der Waals surface area contributed by atoms with Crippen molar-refractivity contribution in [3.8, 4) is 11.4 Å². The number of hydrogen-bond donors (Lipinski definition) is 3. The third-order valence-electron chi connectivity index (χ3n) is 4.95. The summed E-state index contributed by atoms with van der Waals surface area (Å²) in [7, 11) is 0. The van der Waals surface area contributed by atoms with Crippen LogP contribution in [-0.2, 0) is 4.79 Å². The van der Waals surface area contributed by atoms with Gasteiger partial charge in [-0.05, 0) is 30.9 Å². The van der Waals surface area contributed by atoms with Crippen molar-refractivity contribution < 1.29 is 9.59 Å². The molecule has 0 unspecified atom stereocenters. The minimum absolute atomic E-state index is 0.0276. The number of benzene rings is 1. The summed E-state index contributed by atoms with van der Waals surface area (Å²) in [5.74, 6) is 0.882. The minimum Gasteiger partial charge on any atom is -0.345 e. The number of nitrogens with zero attached hydrogens (tertiary/aromatic N) is 4. The molecule has 1 aromatic carbocycles. The Morgan fingerprint density at radius 1 is 1.13 bits per heavy atom. The second-order valence-electron chi connectivity index (χ2n) is 7.34. The van der Waals surface area contributed by atoms with E-state index in [0.29, 0.717) is 34.9 Å². The van der Waals surface area contributed by atoms with Gasteiger partial charge in [-0.15, -0.1) is 0 Å². The lowest BCUT2D eigenvalue weighted by Crippen LogP contribution is -2.14. The molecule has 3 N–H and O–H groups in total. The Hall–Kier alpha value is -4.01. The zero-order chi connectivity index (χ0) is 20.5. The average molecular weight is 401 g/mol. The topological polar surface area (TPSA) is 117 Å². The normalized spacial score (nSPS) is 13.3. The van der Waals surface area contributed by atoms with Crippen LogP contribution in [0.25, 0.3) is 17.0 Å². The maximum Gasteiger partial charge on any atom is 0.261 e. The molecule has 2 amide bonds. The van der Waals surface area contributed by atoms with Crippen molar-refractivity contribution in [2.45, 2.75) is 19.3 Å². The first-order valence-corrected chi connectivity index (χ1v) is 9.70. The Kier molecular flexibility index (Phi) is 4.47. The second-order valence-corrected chi connectivity index (χ2v) is 7.34. The fraction of sp³-hybridized carbons (Fsp3) is 0.190. The summed E-state index contributed by atoms with van der Waals surface area (Å²) < 4.78 is 1.49. The first-order valence-electron chi connectivity index (χ1n) is 9.70. The molecule has 1 aliphatic carbocycles. The molecular formula is C21H19N7O2. The molecule has 3 heterocycles. The summed E-state index contributed by atoms with van der Waals surface area (Å²) in [6.45, 7) is 0. The number of carbonyl (C=O) groups excluding carboxylic acids is 2. The van der Waals surface area contributed by atoms with Gasteiger partial charge in [-0.2, -0.15) is 5.10 Å². The van der Waals surface area contributed by atoms with Gasteiger partial charge in [0, 0.05) is 30.1 Å². The van der Waals surface area contributed by atoms with Crippen LogP contribution in [0.1, 0.15) is 29.6 Å². The molecule has 150 valence electrons. The number of carbonyl (C=O) groups is 2. The van der Waals surface area contributed by atoms with Gasteiger partial charge in [-0.25, -0.2) is 14.5 Å². The van der Waals surface area contributed by atoms with Crippen LogP contribution in [0.4, 0.5) is 11.4 Å². The lowest BCUT2D eigenvalue weighted by Gasteiger charge is -2.07. The van der Waals surface area contributed by atoms with Crippen molar-refractivity contribution in [1.29, 1.82) is 0 Å². The largest absolute Gasteiger partial charge is 0.345 e. The number of hydrogen-bond acceptors (Lipinski definition) is 5. The Labute approximate surface area is 171 Å². The molecule has 0 atom stereocenters. The van der Waals surface area contributed by atoms with E-state index in [0.717, 1.165) is 24.2 Å². The Bertz CT molecular complexity index is 1230. The molecule has 9 nitrogen and oxygen atoms in total. The van der Waals surface area contributed by atoms with E-state index in [1.54, 1.807) is 24.7 Å². The quantitative estimate of drug-likeness (QED) is 0.459. The van der Waals surface area contributed by atoms with Crippen molar-refractivity contribution in [3.05, 3.63) is 60.8 Å². The number of imidazole rings is 1. The van der Waals surface area contributed by atoms with Crippen LogP contribution in [-0.4, -0.2) is 36.4 Å². The zero-order valence-electron chi connectivity index (χ0n) is 16.0. The third-order valence-corrected chi connectivity index (χ3v) is 4.95. The molecule has 0 saturated heterocycles. The highest BCUT2D eigenvalue weighted by atomic mass is 16.2. The third kappa shape index (κ3) is 3.77. The number of nitrogens with one attached hydrogen (secondary N) is 3. The number of aromatic nitrogens is 5. The number of anilines is 2. The van der Waals surface area contributed by atoms with Crippen molar-refractivity contribution in [3.63, 3.8) is 0 Å². The van der Waals surface area contributed by atoms with Gasteiger partial charge >= 0.3 is 0 Å². The van der Waals surface area contributed by atoms with E-state index in [4.69, 9.17) is 0 Å². The first-order chi connectivity index (χ1) is 14.7. The van der Waals surface area contributed by atoms with Crippen LogP contribution in [0.3, 0.4) is 0 Å². The highest BCUT2D eigenvalue weighted by Crippen LogP contribution is 2.32. The van der Waals surface area contributed by atoms with Gasteiger partial charge in [-0.1, -0.05) is 12.1 Å². The molecular weight excluding hydrogens is 382 g/mol. The van der Waals surface area contributed by atoms with Gasteiger partial charge < -0.3 is 15.6 Å². The zero-order valence-corrected chi connectivity index (χ0v) is 16.0. The average Bonchev–Trinajstić information content (AvgIpc) is 3.22. The summed E-state index contributed by atoms with van der Waals surface area (Å²) in [6, 6.07) is 7.39. The van der Waals surface area contributed by atoms with Crippen LogP contribution in [0.15, 0.2) is 55.2 Å². The molecule has 1 aliphatic rings. The molecule has 0 aliphatic heterocycles. The smallest absolute Gasteiger partial charge is 0.261 e. The van der Waals surface area contributed by atoms with E-state index in [1.807, 2.05) is 18.2 Å². The van der Waals surface area contributed by atoms with E-state index in [2.05, 4.69) is 30.7 Å². The molecule has 0 bridgehead atoms. The van der Waals surface area contributed by atoms with Crippen LogP contribution < -0.4 is 10.6 Å². The summed E-state index contributed by atoms with van der Waals surface area (Å²) in [5.41, 5.74) is 2.80. The highest BCUT2D eigenvalue weighted by molar-refractivity contribution is 6.08. The molecule has 0 radical (unpaired) electrons. The van der Waals surface area contributed by atoms with Crippen molar-refractivity contribution in [2.75, 3.05) is 10.6 Å². The van der Waals surface area contributed by atoms with Crippen molar-refractivity contribution in [2.24, 2.45) is 5.92 Å². The number of H-pyrrole nitrogens is 1. The maximum absolute atomic E-state index is 12.8. The molecule has 3 aromatic heterocycles. The molecule has 0 spiro atoms. The first kappa shape index (κ1) is 18.0. The summed E-state index contributed by atoms with van der Waals surface area (Å²) in [4.78, 5) is 36.4. The molecule has 30 heavy (non-hydrogen) atoms. The van der Waals surface area contributed by atoms with Gasteiger partial charge in [0.25, 0.3) is 5.91 Å². The van der Waals surface area contributed by atoms with E-state index in [-0.39, 0.29) is 11.8 Å². The van der Waals surface area contributed by atoms with E-state index >= 15 is 0 Å². The van der Waals surface area contributed by atoms with Crippen LogP contribution in [0, 0.1) is 5.92 Å². The lowest BCUT2D eigenvalue weighted by atomic mass is 10.2. The van der Waals surface area contributed by atoms with Crippen LogP contribution in [0.2, 0.25) is 0 Å². The van der Waals surface area contributed by atoms with Crippen LogP contribution in [0.5, 0.6) is 0 Å². The number of fused-ring (bicyclic) bond motifs is 1. The predicted octanol–water partition coefficient (Wildman–Crippen LogP) is 3.11. The second kappa shape index (κ2) is 7.43. The molecule has 1 fully saturated rings. The SMILES string of the molecule is O=C(CC1CC1)Nc1cnc2c(C(=O)Nc3cccc(-c4ncc[nH]4)c3)cnn2c1. The molecule has 4 aromatic rings. The Morgan fingerprint density at radius 3 is 2.83 bits per heavy atom. The van der Waals surface area contributed by atoms with Gasteiger partial charge in [0.05, 0.1) is 24.3 Å². The van der Waals surface area contributed by atoms with Crippen molar-refractivity contribution >= 4 is 28.8 Å².